The highest BCUT2D eigenvalue weighted by atomic mass is 15.2. The second kappa shape index (κ2) is 20.0. The molecule has 0 unspecified atom stereocenters. The minimum atomic E-state index is -0.118. The molecule has 1 aliphatic carbocycles. The molecule has 82 heavy (non-hydrogen) atoms. The monoisotopic (exact) mass is 1050 g/mol. The van der Waals surface area contributed by atoms with E-state index in [-0.39, 0.29) is 6.71 Å². The van der Waals surface area contributed by atoms with Gasteiger partial charge in [-0.05, 0) is 117 Å². The molecule has 0 N–H and O–H groups in total. The highest BCUT2D eigenvalue weighted by molar-refractivity contribution is 7.00. The van der Waals surface area contributed by atoms with Crippen molar-refractivity contribution >= 4 is 79.0 Å². The first-order valence-corrected chi connectivity index (χ1v) is 29.3. The second-order valence-electron chi connectivity index (χ2n) is 22.5. The minimum absolute atomic E-state index is 0.118. The third-order valence-electron chi connectivity index (χ3n) is 18.0. The third kappa shape index (κ3) is 7.88. The minimum Gasteiger partial charge on any atom is -0.310 e. The van der Waals surface area contributed by atoms with Crippen LogP contribution in [0.25, 0.3) is 83.1 Å². The number of anilines is 6. The number of para-hydroxylation sites is 4. The van der Waals surface area contributed by atoms with Crippen LogP contribution in [-0.2, 0) is 0 Å². The first-order chi connectivity index (χ1) is 40.7. The largest absolute Gasteiger partial charge is 0.310 e. The molecule has 3 aliphatic rings. The zero-order chi connectivity index (χ0) is 54.1. The van der Waals surface area contributed by atoms with E-state index in [0.717, 1.165) is 18.5 Å². The Kier molecular flexibility index (Phi) is 11.7. The summed E-state index contributed by atoms with van der Waals surface area (Å²) in [4.78, 5) is 5.44. The van der Waals surface area contributed by atoms with Crippen molar-refractivity contribution < 1.29 is 0 Å². The van der Waals surface area contributed by atoms with Crippen molar-refractivity contribution in [1.82, 2.24) is 4.57 Å². The summed E-state index contributed by atoms with van der Waals surface area (Å²) < 4.78 is 2.50. The zero-order valence-corrected chi connectivity index (χ0v) is 45.7. The molecule has 0 bridgehead atoms. The molecular weight excluding hydrogens is 990 g/mol. The van der Waals surface area contributed by atoms with Crippen molar-refractivity contribution in [1.29, 1.82) is 0 Å². The van der Waals surface area contributed by atoms with Crippen LogP contribution in [0.4, 0.5) is 34.1 Å². The van der Waals surface area contributed by atoms with Crippen molar-refractivity contribution in [2.45, 2.75) is 38.0 Å². The lowest BCUT2D eigenvalue weighted by Gasteiger charge is -2.46. The third-order valence-corrected chi connectivity index (χ3v) is 18.0. The maximum Gasteiger partial charge on any atom is 0.252 e. The van der Waals surface area contributed by atoms with Crippen molar-refractivity contribution in [3.63, 3.8) is 0 Å². The summed E-state index contributed by atoms with van der Waals surface area (Å²) in [5, 5.41) is 2.50. The standard InChI is InChI=1S/C78H58BN3/c1-7-25-53(26-8-1)59-45-47-68-72(49-59)81(77-62(55-29-11-3-12-30-55)39-23-40-63(77)56-31-13-4-14-32-56)74-50-60(54-27-9-2-10-28-54)51-75-76(74)79(68)69-48-46-61(80-70-43-21-19-37-66(70)67-38-20-22-44-71(67)80)52-73(69)82(75)78-64(57-33-15-5-16-34-57)41-24-42-65(78)58-35-17-6-18-36-58/h1,3-8,11-26,29-52,54H,2,9-10,27-28H2. The topological polar surface area (TPSA) is 11.4 Å². The van der Waals surface area contributed by atoms with E-state index in [1.54, 1.807) is 0 Å². The molecule has 1 aromatic heterocycles. The van der Waals surface area contributed by atoms with Crippen LogP contribution in [-0.4, -0.2) is 11.3 Å². The fourth-order valence-electron chi connectivity index (χ4n) is 14.3. The van der Waals surface area contributed by atoms with Gasteiger partial charge in [0.2, 0.25) is 0 Å². The van der Waals surface area contributed by atoms with Gasteiger partial charge in [-0.25, -0.2) is 0 Å². The average Bonchev–Trinajstić information content (AvgIpc) is 2.59. The van der Waals surface area contributed by atoms with E-state index in [0.29, 0.717) is 5.92 Å². The SMILES string of the molecule is c1ccc(-c2ccc3c(c2)N(c2c(-c4ccccc4)cccc2-c2ccccc2)c2cc(C4CCCCC4)cc4c2B3c2ccc(-n3c5ccccc5c5ccccc53)cc2N4c2c(-c3ccccc3)cccc2-c2ccccc2)cc1. The lowest BCUT2D eigenvalue weighted by molar-refractivity contribution is 0.444. The lowest BCUT2D eigenvalue weighted by atomic mass is 9.33. The second-order valence-corrected chi connectivity index (χ2v) is 22.5. The molecule has 0 amide bonds. The molecule has 1 fully saturated rings. The molecule has 0 saturated heterocycles. The first kappa shape index (κ1) is 48.0. The Labute approximate surface area is 480 Å². The van der Waals surface area contributed by atoms with Crippen LogP contribution in [0, 0.1) is 0 Å². The molecule has 0 atom stereocenters. The van der Waals surface area contributed by atoms with Crippen molar-refractivity contribution in [2.24, 2.45) is 0 Å². The van der Waals surface area contributed by atoms with Crippen LogP contribution in [0.1, 0.15) is 43.6 Å². The normalized spacial score (nSPS) is 13.7. The van der Waals surface area contributed by atoms with Crippen molar-refractivity contribution in [3.8, 4) is 61.3 Å². The van der Waals surface area contributed by atoms with Crippen LogP contribution in [0.15, 0.2) is 285 Å². The van der Waals surface area contributed by atoms with E-state index in [4.69, 9.17) is 0 Å². The molecule has 3 nitrogen and oxygen atoms in total. The Morgan fingerprint density at radius 3 is 1.17 bits per heavy atom. The van der Waals surface area contributed by atoms with E-state index in [2.05, 4.69) is 299 Å². The van der Waals surface area contributed by atoms with Gasteiger partial charge in [0, 0.05) is 61.5 Å². The van der Waals surface area contributed by atoms with E-state index < -0.39 is 0 Å². The highest BCUT2D eigenvalue weighted by Gasteiger charge is 2.46. The number of fused-ring (bicyclic) bond motifs is 7. The summed E-state index contributed by atoms with van der Waals surface area (Å²) in [6.07, 6.45) is 6.06. The molecular formula is C78H58BN3. The van der Waals surface area contributed by atoms with E-state index in [9.17, 15) is 0 Å². The van der Waals surface area contributed by atoms with Crippen LogP contribution in [0.3, 0.4) is 0 Å². The van der Waals surface area contributed by atoms with Gasteiger partial charge >= 0.3 is 0 Å². The number of aromatic nitrogens is 1. The van der Waals surface area contributed by atoms with Gasteiger partial charge in [0.1, 0.15) is 0 Å². The number of nitrogens with zero attached hydrogens (tertiary/aromatic N) is 3. The summed E-state index contributed by atoms with van der Waals surface area (Å²) in [6, 6.07) is 107. The summed E-state index contributed by atoms with van der Waals surface area (Å²) >= 11 is 0. The van der Waals surface area contributed by atoms with E-state index >= 15 is 0 Å². The fraction of sp³-hybridized carbons (Fsp3) is 0.0769. The molecule has 4 heteroatoms. The Morgan fingerprint density at radius 1 is 0.305 bits per heavy atom. The Morgan fingerprint density at radius 2 is 0.707 bits per heavy atom. The molecule has 0 spiro atoms. The summed E-state index contributed by atoms with van der Waals surface area (Å²) in [7, 11) is 0. The molecule has 1 saturated carbocycles. The van der Waals surface area contributed by atoms with Crippen LogP contribution in [0.5, 0.6) is 0 Å². The lowest BCUT2D eigenvalue weighted by Crippen LogP contribution is -2.61. The van der Waals surface area contributed by atoms with Crippen LogP contribution < -0.4 is 26.2 Å². The van der Waals surface area contributed by atoms with E-state index in [1.165, 1.54) is 153 Å². The molecule has 0 radical (unpaired) electrons. The molecule has 2 aliphatic heterocycles. The molecule has 12 aromatic carbocycles. The predicted molar refractivity (Wildman–Crippen MR) is 348 cm³/mol. The highest BCUT2D eigenvalue weighted by Crippen LogP contribution is 2.54. The van der Waals surface area contributed by atoms with Gasteiger partial charge in [-0.15, -0.1) is 0 Å². The summed E-state index contributed by atoms with van der Waals surface area (Å²) in [5.74, 6) is 0.399. The zero-order valence-electron chi connectivity index (χ0n) is 45.7. The first-order valence-electron chi connectivity index (χ1n) is 29.3. The number of benzene rings is 12. The van der Waals surface area contributed by atoms with Gasteiger partial charge in [0.25, 0.3) is 6.71 Å². The van der Waals surface area contributed by atoms with Crippen LogP contribution >= 0.6 is 0 Å². The smallest absolute Gasteiger partial charge is 0.252 e. The van der Waals surface area contributed by atoms with Gasteiger partial charge in [-0.3, -0.25) is 0 Å². The number of hydrogen-bond acceptors (Lipinski definition) is 2. The predicted octanol–water partition coefficient (Wildman–Crippen LogP) is 19.2. The summed E-state index contributed by atoms with van der Waals surface area (Å²) in [6.45, 7) is -0.118. The number of hydrogen-bond donors (Lipinski definition) is 0. The van der Waals surface area contributed by atoms with Crippen LogP contribution in [0.2, 0.25) is 0 Å². The maximum atomic E-state index is 2.72. The van der Waals surface area contributed by atoms with Crippen molar-refractivity contribution in [3.05, 3.63) is 291 Å². The maximum absolute atomic E-state index is 2.72. The Hall–Kier alpha value is -9.90. The number of rotatable bonds is 9. The van der Waals surface area contributed by atoms with Crippen molar-refractivity contribution in [2.75, 3.05) is 9.80 Å². The molecule has 13 aromatic rings. The van der Waals surface area contributed by atoms with Gasteiger partial charge < -0.3 is 14.4 Å². The molecule has 3 heterocycles. The Bertz CT molecular complexity index is 4380. The summed E-state index contributed by atoms with van der Waals surface area (Å²) in [5.41, 5.74) is 27.9. The van der Waals surface area contributed by atoms with Gasteiger partial charge in [0.15, 0.2) is 0 Å². The van der Waals surface area contributed by atoms with Gasteiger partial charge in [-0.1, -0.05) is 262 Å². The fourth-order valence-corrected chi connectivity index (χ4v) is 14.3. The molecule has 388 valence electrons. The molecule has 16 rings (SSSR count). The van der Waals surface area contributed by atoms with Gasteiger partial charge in [-0.2, -0.15) is 0 Å². The van der Waals surface area contributed by atoms with Gasteiger partial charge in [0.05, 0.1) is 22.4 Å². The average molecular weight is 1050 g/mol. The van der Waals surface area contributed by atoms with E-state index in [1.807, 2.05) is 0 Å². The quantitative estimate of drug-likeness (QED) is 0.134. The Balaban J connectivity index is 1.08.